The second-order valence-electron chi connectivity index (χ2n) is 3.86. The zero-order chi connectivity index (χ0) is 12.3. The summed E-state index contributed by atoms with van der Waals surface area (Å²) >= 11 is 0. The number of hydrogen-bond acceptors (Lipinski definition) is 3. The van der Waals surface area contributed by atoms with E-state index in [1.54, 1.807) is 14.2 Å². The molecule has 0 atom stereocenters. The van der Waals surface area contributed by atoms with Gasteiger partial charge in [0.15, 0.2) is 0 Å². The van der Waals surface area contributed by atoms with Crippen LogP contribution in [0, 0.1) is 0 Å². The Hall–Kier alpha value is -1.74. The maximum absolute atomic E-state index is 5.62. The number of methoxy groups -OCH3 is 2. The van der Waals surface area contributed by atoms with E-state index in [1.165, 1.54) is 0 Å². The number of ether oxygens (including phenoxy) is 2. The SMILES string of the molecule is COc1cc(CCN)c(OC)c2ccccc12. The van der Waals surface area contributed by atoms with Gasteiger partial charge in [0.05, 0.1) is 14.2 Å². The first-order valence-corrected chi connectivity index (χ1v) is 5.64. The van der Waals surface area contributed by atoms with E-state index in [1.807, 2.05) is 30.3 Å². The Morgan fingerprint density at radius 1 is 1.06 bits per heavy atom. The van der Waals surface area contributed by atoms with Crippen molar-refractivity contribution >= 4 is 10.8 Å². The minimum absolute atomic E-state index is 0.595. The topological polar surface area (TPSA) is 44.5 Å². The van der Waals surface area contributed by atoms with E-state index >= 15 is 0 Å². The molecule has 0 unspecified atom stereocenters. The van der Waals surface area contributed by atoms with Gasteiger partial charge < -0.3 is 15.2 Å². The summed E-state index contributed by atoms with van der Waals surface area (Å²) in [5, 5.41) is 2.13. The Labute approximate surface area is 101 Å². The molecule has 0 bridgehead atoms. The highest BCUT2D eigenvalue weighted by atomic mass is 16.5. The first-order valence-electron chi connectivity index (χ1n) is 5.64. The molecule has 0 heterocycles. The van der Waals surface area contributed by atoms with E-state index in [9.17, 15) is 0 Å². The fraction of sp³-hybridized carbons (Fsp3) is 0.286. The third-order valence-corrected chi connectivity index (χ3v) is 2.87. The highest BCUT2D eigenvalue weighted by Crippen LogP contribution is 2.36. The molecular weight excluding hydrogens is 214 g/mol. The summed E-state index contributed by atoms with van der Waals surface area (Å²) in [6, 6.07) is 10.1. The van der Waals surface area contributed by atoms with Crippen molar-refractivity contribution in [3.8, 4) is 11.5 Å². The molecule has 0 aliphatic rings. The van der Waals surface area contributed by atoms with Crippen molar-refractivity contribution in [2.24, 2.45) is 5.73 Å². The van der Waals surface area contributed by atoms with Crippen molar-refractivity contribution in [2.75, 3.05) is 20.8 Å². The molecule has 2 rings (SSSR count). The Kier molecular flexibility index (Phi) is 3.49. The van der Waals surface area contributed by atoms with Crippen molar-refractivity contribution in [3.05, 3.63) is 35.9 Å². The number of hydrogen-bond donors (Lipinski definition) is 1. The molecule has 0 saturated carbocycles. The minimum Gasteiger partial charge on any atom is -0.496 e. The number of rotatable bonds is 4. The molecule has 0 aromatic heterocycles. The smallest absolute Gasteiger partial charge is 0.130 e. The van der Waals surface area contributed by atoms with Crippen LogP contribution in [0.3, 0.4) is 0 Å². The van der Waals surface area contributed by atoms with Crippen molar-refractivity contribution in [3.63, 3.8) is 0 Å². The molecule has 0 spiro atoms. The molecule has 0 saturated heterocycles. The van der Waals surface area contributed by atoms with E-state index in [-0.39, 0.29) is 0 Å². The van der Waals surface area contributed by atoms with Gasteiger partial charge in [-0.2, -0.15) is 0 Å². The highest BCUT2D eigenvalue weighted by molar-refractivity contribution is 5.94. The van der Waals surface area contributed by atoms with Gasteiger partial charge in [-0.25, -0.2) is 0 Å². The zero-order valence-corrected chi connectivity index (χ0v) is 10.2. The summed E-state index contributed by atoms with van der Waals surface area (Å²) in [7, 11) is 3.37. The summed E-state index contributed by atoms with van der Waals surface area (Å²) in [6.07, 6.45) is 0.782. The average molecular weight is 231 g/mol. The van der Waals surface area contributed by atoms with Gasteiger partial charge in [-0.3, -0.25) is 0 Å². The second-order valence-corrected chi connectivity index (χ2v) is 3.86. The fourth-order valence-corrected chi connectivity index (χ4v) is 2.12. The molecular formula is C14H17NO2. The van der Waals surface area contributed by atoms with Crippen LogP contribution < -0.4 is 15.2 Å². The highest BCUT2D eigenvalue weighted by Gasteiger charge is 2.12. The van der Waals surface area contributed by atoms with Gasteiger partial charge in [0.25, 0.3) is 0 Å². The number of fused-ring (bicyclic) bond motifs is 1. The number of nitrogens with two attached hydrogens (primary N) is 1. The third kappa shape index (κ3) is 2.06. The fourth-order valence-electron chi connectivity index (χ4n) is 2.12. The minimum atomic E-state index is 0.595. The summed E-state index contributed by atoms with van der Waals surface area (Å²) in [5.74, 6) is 1.76. The Morgan fingerprint density at radius 3 is 2.35 bits per heavy atom. The Balaban J connectivity index is 2.74. The van der Waals surface area contributed by atoms with Crippen molar-refractivity contribution in [1.29, 1.82) is 0 Å². The summed E-state index contributed by atoms with van der Waals surface area (Å²) in [6.45, 7) is 0.595. The Bertz CT molecular complexity index is 523. The predicted molar refractivity (Wildman–Crippen MR) is 69.8 cm³/mol. The van der Waals surface area contributed by atoms with Gasteiger partial charge in [-0.05, 0) is 24.6 Å². The predicted octanol–water partition coefficient (Wildman–Crippen LogP) is 2.36. The van der Waals surface area contributed by atoms with Crippen LogP contribution in [-0.2, 0) is 6.42 Å². The molecule has 2 aromatic carbocycles. The molecule has 17 heavy (non-hydrogen) atoms. The van der Waals surface area contributed by atoms with E-state index in [0.29, 0.717) is 6.54 Å². The number of benzene rings is 2. The standard InChI is InChI=1S/C14H17NO2/c1-16-13-9-10(7-8-15)14(17-2)12-6-4-3-5-11(12)13/h3-6,9H,7-8,15H2,1-2H3. The molecule has 0 fully saturated rings. The summed E-state index contributed by atoms with van der Waals surface area (Å²) in [4.78, 5) is 0. The van der Waals surface area contributed by atoms with Gasteiger partial charge in [0.1, 0.15) is 11.5 Å². The maximum atomic E-state index is 5.62. The molecule has 3 nitrogen and oxygen atoms in total. The van der Waals surface area contributed by atoms with Crippen molar-refractivity contribution in [1.82, 2.24) is 0 Å². The maximum Gasteiger partial charge on any atom is 0.130 e. The van der Waals surface area contributed by atoms with Gasteiger partial charge in [-0.1, -0.05) is 24.3 Å². The normalized spacial score (nSPS) is 10.5. The lowest BCUT2D eigenvalue weighted by molar-refractivity contribution is 0.406. The van der Waals surface area contributed by atoms with Crippen molar-refractivity contribution in [2.45, 2.75) is 6.42 Å². The van der Waals surface area contributed by atoms with Crippen LogP contribution in [-0.4, -0.2) is 20.8 Å². The Morgan fingerprint density at radius 2 is 1.76 bits per heavy atom. The largest absolute Gasteiger partial charge is 0.496 e. The van der Waals surface area contributed by atoms with E-state index in [2.05, 4.69) is 0 Å². The van der Waals surface area contributed by atoms with E-state index in [0.717, 1.165) is 34.3 Å². The van der Waals surface area contributed by atoms with Gasteiger partial charge in [0, 0.05) is 10.8 Å². The lowest BCUT2D eigenvalue weighted by Crippen LogP contribution is -2.05. The third-order valence-electron chi connectivity index (χ3n) is 2.87. The van der Waals surface area contributed by atoms with E-state index < -0.39 is 0 Å². The first-order chi connectivity index (χ1) is 8.31. The van der Waals surface area contributed by atoms with Crippen LogP contribution in [0.2, 0.25) is 0 Å². The molecule has 0 radical (unpaired) electrons. The molecule has 2 N–H and O–H groups in total. The molecule has 0 amide bonds. The van der Waals surface area contributed by atoms with Gasteiger partial charge in [0.2, 0.25) is 0 Å². The zero-order valence-electron chi connectivity index (χ0n) is 10.2. The second kappa shape index (κ2) is 5.06. The molecule has 3 heteroatoms. The molecule has 0 aliphatic carbocycles. The molecule has 90 valence electrons. The van der Waals surface area contributed by atoms with E-state index in [4.69, 9.17) is 15.2 Å². The average Bonchev–Trinajstić information content (AvgIpc) is 2.38. The molecule has 0 aliphatic heterocycles. The van der Waals surface area contributed by atoms with Crippen LogP contribution >= 0.6 is 0 Å². The summed E-state index contributed by atoms with van der Waals surface area (Å²) in [5.41, 5.74) is 6.71. The lowest BCUT2D eigenvalue weighted by atomic mass is 10.0. The van der Waals surface area contributed by atoms with Crippen LogP contribution in [0.15, 0.2) is 30.3 Å². The summed E-state index contributed by atoms with van der Waals surface area (Å²) < 4.78 is 10.9. The quantitative estimate of drug-likeness (QED) is 0.878. The van der Waals surface area contributed by atoms with Crippen LogP contribution in [0.25, 0.3) is 10.8 Å². The van der Waals surface area contributed by atoms with Gasteiger partial charge >= 0.3 is 0 Å². The van der Waals surface area contributed by atoms with Crippen LogP contribution in [0.1, 0.15) is 5.56 Å². The van der Waals surface area contributed by atoms with Gasteiger partial charge in [-0.15, -0.1) is 0 Å². The van der Waals surface area contributed by atoms with Crippen LogP contribution in [0.4, 0.5) is 0 Å². The van der Waals surface area contributed by atoms with Crippen LogP contribution in [0.5, 0.6) is 11.5 Å². The first kappa shape index (κ1) is 11.7. The lowest BCUT2D eigenvalue weighted by Gasteiger charge is -2.14. The molecule has 2 aromatic rings. The monoisotopic (exact) mass is 231 g/mol. The van der Waals surface area contributed by atoms with Crippen molar-refractivity contribution < 1.29 is 9.47 Å².